The Bertz CT molecular complexity index is 664. The second-order valence-electron chi connectivity index (χ2n) is 5.44. The molecule has 6 heteroatoms. The molecule has 2 heterocycles. The predicted octanol–water partition coefficient (Wildman–Crippen LogP) is 0.147. The molecule has 0 saturated carbocycles. The summed E-state index contributed by atoms with van der Waals surface area (Å²) in [7, 11) is 0. The Hall–Kier alpha value is -2.47. The number of anilines is 1. The number of fused-ring (bicyclic) bond motifs is 2. The zero-order chi connectivity index (χ0) is 15.9. The second-order valence-corrected chi connectivity index (χ2v) is 5.44. The number of ketones is 1. The molecule has 22 heavy (non-hydrogen) atoms. The number of rotatable bonds is 4. The van der Waals surface area contributed by atoms with E-state index < -0.39 is 35.9 Å². The molecule has 1 N–H and O–H groups in total. The van der Waals surface area contributed by atoms with E-state index in [0.29, 0.717) is 11.3 Å². The van der Waals surface area contributed by atoms with E-state index in [-0.39, 0.29) is 5.78 Å². The van der Waals surface area contributed by atoms with Gasteiger partial charge in [0.05, 0.1) is 18.1 Å². The smallest absolute Gasteiger partial charge is 0.231 e. The van der Waals surface area contributed by atoms with Crippen LogP contribution in [0.5, 0.6) is 0 Å². The number of carbonyl (C=O) groups is 3. The van der Waals surface area contributed by atoms with Crippen molar-refractivity contribution < 1.29 is 24.2 Å². The van der Waals surface area contributed by atoms with Crippen molar-refractivity contribution in [2.24, 2.45) is 11.8 Å². The molecule has 1 aromatic rings. The largest absolute Gasteiger partial charge is 0.550 e. The number of amides is 1. The molecule has 4 atom stereocenters. The van der Waals surface area contributed by atoms with E-state index in [1.807, 2.05) is 0 Å². The van der Waals surface area contributed by atoms with Crippen LogP contribution in [0, 0.1) is 11.8 Å². The molecule has 0 spiro atoms. The Labute approximate surface area is 126 Å². The number of carboxylic acids is 1. The first-order chi connectivity index (χ1) is 10.5. The summed E-state index contributed by atoms with van der Waals surface area (Å²) in [5.74, 6) is -3.58. The van der Waals surface area contributed by atoms with Crippen LogP contribution in [0.4, 0.5) is 5.69 Å². The van der Waals surface area contributed by atoms with Gasteiger partial charge in [0.2, 0.25) is 5.91 Å². The fraction of sp³-hybridized carbons (Fsp3) is 0.312. The van der Waals surface area contributed by atoms with Crippen LogP contribution < -0.4 is 10.4 Å². The SMILES string of the molecule is CC(=O)c1ccc(NC(=O)[C@@H]2[C@@H](C(=O)[O-])[C@@H]3C=C[C@H]2O3)cc1. The second kappa shape index (κ2) is 5.38. The van der Waals surface area contributed by atoms with E-state index in [4.69, 9.17) is 4.74 Å². The molecule has 1 amide bonds. The fourth-order valence-electron chi connectivity index (χ4n) is 2.92. The molecule has 0 aliphatic carbocycles. The Morgan fingerprint density at radius 3 is 2.18 bits per heavy atom. The molecular weight excluding hydrogens is 286 g/mol. The number of carbonyl (C=O) groups excluding carboxylic acids is 3. The lowest BCUT2D eigenvalue weighted by molar-refractivity contribution is -0.313. The molecule has 2 aliphatic heterocycles. The fourth-order valence-corrected chi connectivity index (χ4v) is 2.92. The van der Waals surface area contributed by atoms with Crippen LogP contribution in [0.15, 0.2) is 36.4 Å². The molecule has 1 aromatic carbocycles. The summed E-state index contributed by atoms with van der Waals surface area (Å²) in [5, 5.41) is 13.9. The van der Waals surface area contributed by atoms with Crippen molar-refractivity contribution in [1.82, 2.24) is 0 Å². The highest BCUT2D eigenvalue weighted by Crippen LogP contribution is 2.39. The van der Waals surface area contributed by atoms with Gasteiger partial charge in [0.1, 0.15) is 0 Å². The zero-order valence-electron chi connectivity index (χ0n) is 11.8. The molecule has 3 rings (SSSR count). The molecular formula is C16H14NO5-. The van der Waals surface area contributed by atoms with E-state index in [9.17, 15) is 19.5 Å². The minimum absolute atomic E-state index is 0.0680. The van der Waals surface area contributed by atoms with Crippen molar-refractivity contribution in [1.29, 1.82) is 0 Å². The highest BCUT2D eigenvalue weighted by atomic mass is 16.5. The summed E-state index contributed by atoms with van der Waals surface area (Å²) in [4.78, 5) is 34.8. The Balaban J connectivity index is 1.75. The number of Topliss-reactive ketones (excluding diaryl/α,β-unsaturated/α-hetero) is 1. The summed E-state index contributed by atoms with van der Waals surface area (Å²) >= 11 is 0. The Morgan fingerprint density at radius 1 is 1.05 bits per heavy atom. The van der Waals surface area contributed by atoms with Crippen molar-refractivity contribution in [2.45, 2.75) is 19.1 Å². The van der Waals surface area contributed by atoms with E-state index >= 15 is 0 Å². The van der Waals surface area contributed by atoms with Gasteiger partial charge in [-0.05, 0) is 31.2 Å². The molecule has 114 valence electrons. The van der Waals surface area contributed by atoms with Crippen LogP contribution in [0.25, 0.3) is 0 Å². The monoisotopic (exact) mass is 300 g/mol. The lowest BCUT2D eigenvalue weighted by Gasteiger charge is -2.24. The third-order valence-electron chi connectivity index (χ3n) is 4.03. The van der Waals surface area contributed by atoms with Crippen LogP contribution in [0.2, 0.25) is 0 Å². The quantitative estimate of drug-likeness (QED) is 0.630. The van der Waals surface area contributed by atoms with Crippen molar-refractivity contribution in [3.05, 3.63) is 42.0 Å². The summed E-state index contributed by atoms with van der Waals surface area (Å²) in [6.45, 7) is 1.46. The highest BCUT2D eigenvalue weighted by molar-refractivity contribution is 5.98. The summed E-state index contributed by atoms with van der Waals surface area (Å²) in [5.41, 5.74) is 1.04. The van der Waals surface area contributed by atoms with Gasteiger partial charge in [-0.15, -0.1) is 0 Å². The molecule has 0 unspecified atom stereocenters. The van der Waals surface area contributed by atoms with E-state index in [1.165, 1.54) is 6.92 Å². The van der Waals surface area contributed by atoms with Gasteiger partial charge in [0, 0.05) is 23.1 Å². The van der Waals surface area contributed by atoms with Crippen LogP contribution in [0.3, 0.4) is 0 Å². The third kappa shape index (κ3) is 2.42. The van der Waals surface area contributed by atoms with E-state index in [2.05, 4.69) is 5.32 Å². The predicted molar refractivity (Wildman–Crippen MR) is 74.9 cm³/mol. The summed E-state index contributed by atoms with van der Waals surface area (Å²) in [6.07, 6.45) is 2.21. The highest BCUT2D eigenvalue weighted by Gasteiger charge is 2.50. The number of carboxylic acid groups (broad SMARTS) is 1. The molecule has 0 radical (unpaired) electrons. The van der Waals surface area contributed by atoms with Crippen molar-refractivity contribution in [3.8, 4) is 0 Å². The van der Waals surface area contributed by atoms with Crippen molar-refractivity contribution in [2.75, 3.05) is 5.32 Å². The first kappa shape index (κ1) is 14.5. The van der Waals surface area contributed by atoms with Crippen molar-refractivity contribution in [3.63, 3.8) is 0 Å². The maximum atomic E-state index is 12.4. The molecule has 6 nitrogen and oxygen atoms in total. The van der Waals surface area contributed by atoms with Gasteiger partial charge in [0.25, 0.3) is 0 Å². The lowest BCUT2D eigenvalue weighted by Crippen LogP contribution is -2.45. The maximum absolute atomic E-state index is 12.4. The van der Waals surface area contributed by atoms with Gasteiger partial charge in [-0.25, -0.2) is 0 Å². The molecule has 2 aliphatic rings. The van der Waals surface area contributed by atoms with E-state index in [0.717, 1.165) is 0 Å². The van der Waals surface area contributed by atoms with Crippen molar-refractivity contribution >= 4 is 23.3 Å². The number of hydrogen-bond acceptors (Lipinski definition) is 5. The van der Waals surface area contributed by atoms with Crippen LogP contribution in [-0.4, -0.2) is 29.9 Å². The third-order valence-corrected chi connectivity index (χ3v) is 4.03. The first-order valence-corrected chi connectivity index (χ1v) is 6.94. The Morgan fingerprint density at radius 2 is 1.64 bits per heavy atom. The minimum atomic E-state index is -1.29. The first-order valence-electron chi connectivity index (χ1n) is 6.94. The van der Waals surface area contributed by atoms with Gasteiger partial charge < -0.3 is 20.0 Å². The summed E-state index contributed by atoms with van der Waals surface area (Å²) < 4.78 is 5.43. The van der Waals surface area contributed by atoms with Gasteiger partial charge in [-0.3, -0.25) is 9.59 Å². The molecule has 2 bridgehead atoms. The lowest BCUT2D eigenvalue weighted by atomic mass is 9.82. The standard InChI is InChI=1S/C16H15NO5/c1-8(18)9-2-4-10(5-3-9)17-15(19)13-11-6-7-12(22-11)14(13)16(20)21/h2-7,11-14H,1H3,(H,17,19)(H,20,21)/p-1/t11-,12+,13+,14+/m1/s1. The number of aliphatic carboxylic acids is 1. The zero-order valence-corrected chi connectivity index (χ0v) is 11.8. The average molecular weight is 300 g/mol. The maximum Gasteiger partial charge on any atom is 0.231 e. The Kier molecular flexibility index (Phi) is 3.54. The average Bonchev–Trinajstić information content (AvgIpc) is 3.08. The van der Waals surface area contributed by atoms with Crippen LogP contribution in [0.1, 0.15) is 17.3 Å². The van der Waals surface area contributed by atoms with E-state index in [1.54, 1.807) is 36.4 Å². The summed E-state index contributed by atoms with van der Waals surface area (Å²) in [6, 6.07) is 6.41. The number of benzene rings is 1. The van der Waals surface area contributed by atoms with Crippen LogP contribution >= 0.6 is 0 Å². The molecule has 1 saturated heterocycles. The molecule has 1 fully saturated rings. The van der Waals surface area contributed by atoms with Gasteiger partial charge in [0.15, 0.2) is 5.78 Å². The number of nitrogens with one attached hydrogen (secondary N) is 1. The minimum Gasteiger partial charge on any atom is -0.550 e. The van der Waals surface area contributed by atoms with Crippen LogP contribution in [-0.2, 0) is 14.3 Å². The topological polar surface area (TPSA) is 95.5 Å². The van der Waals surface area contributed by atoms with Gasteiger partial charge >= 0.3 is 0 Å². The van der Waals surface area contributed by atoms with Gasteiger partial charge in [-0.1, -0.05) is 12.2 Å². The molecule has 0 aromatic heterocycles. The van der Waals surface area contributed by atoms with Gasteiger partial charge in [-0.2, -0.15) is 0 Å². The normalized spacial score (nSPS) is 28.6. The number of ether oxygens (including phenoxy) is 1. The number of hydrogen-bond donors (Lipinski definition) is 1.